The summed E-state index contributed by atoms with van der Waals surface area (Å²) in [6, 6.07) is 5.36. The zero-order chi connectivity index (χ0) is 15.3. The Hall–Kier alpha value is -1.88. The van der Waals surface area contributed by atoms with Gasteiger partial charge >= 0.3 is 0 Å². The Morgan fingerprint density at radius 3 is 2.40 bits per heavy atom. The van der Waals surface area contributed by atoms with Crippen molar-refractivity contribution in [2.45, 2.75) is 40.2 Å². The smallest absolute Gasteiger partial charge is 0.250 e. The van der Waals surface area contributed by atoms with Gasteiger partial charge in [0, 0.05) is 18.3 Å². The highest BCUT2D eigenvalue weighted by molar-refractivity contribution is 5.94. The van der Waals surface area contributed by atoms with Crippen molar-refractivity contribution in [3.05, 3.63) is 23.8 Å². The molecule has 0 aliphatic carbocycles. The van der Waals surface area contributed by atoms with Crippen LogP contribution in [0.2, 0.25) is 0 Å². The van der Waals surface area contributed by atoms with E-state index in [2.05, 4.69) is 10.6 Å². The highest BCUT2D eigenvalue weighted by Crippen LogP contribution is 2.20. The Morgan fingerprint density at radius 1 is 1.20 bits per heavy atom. The number of hydrogen-bond donors (Lipinski definition) is 2. The number of aryl methyl sites for hydroxylation is 1. The van der Waals surface area contributed by atoms with Crippen LogP contribution in [-0.2, 0) is 14.3 Å². The monoisotopic (exact) mass is 278 g/mol. The van der Waals surface area contributed by atoms with E-state index in [1.54, 1.807) is 12.1 Å². The molecule has 0 heterocycles. The third kappa shape index (κ3) is 5.84. The molecule has 0 aliphatic rings. The molecule has 2 amide bonds. The molecule has 0 radical (unpaired) electrons. The predicted octanol–water partition coefficient (Wildman–Crippen LogP) is 2.71. The number of carbonyl (C=O) groups is 2. The first kappa shape index (κ1) is 16.2. The normalized spacial score (nSPS) is 11.1. The summed E-state index contributed by atoms with van der Waals surface area (Å²) in [4.78, 5) is 22.8. The lowest BCUT2D eigenvalue weighted by atomic mass is 10.1. The molecule has 2 N–H and O–H groups in total. The van der Waals surface area contributed by atoms with Crippen LogP contribution in [0.3, 0.4) is 0 Å². The molecule has 110 valence electrons. The molecule has 0 unspecified atom stereocenters. The molecule has 0 saturated heterocycles. The number of benzene rings is 1. The average molecular weight is 278 g/mol. The molecule has 1 aromatic rings. The first-order valence-corrected chi connectivity index (χ1v) is 6.49. The molecule has 0 fully saturated rings. The number of rotatable bonds is 4. The molecule has 5 heteroatoms. The summed E-state index contributed by atoms with van der Waals surface area (Å²) in [5, 5.41) is 5.46. The number of nitrogens with one attached hydrogen (secondary N) is 2. The van der Waals surface area contributed by atoms with Crippen molar-refractivity contribution in [3.63, 3.8) is 0 Å². The van der Waals surface area contributed by atoms with Crippen molar-refractivity contribution < 1.29 is 14.3 Å². The minimum absolute atomic E-state index is 0.00664. The van der Waals surface area contributed by atoms with Gasteiger partial charge < -0.3 is 15.4 Å². The molecule has 0 bridgehead atoms. The average Bonchev–Trinajstić information content (AvgIpc) is 2.29. The van der Waals surface area contributed by atoms with E-state index >= 15 is 0 Å². The highest BCUT2D eigenvalue weighted by atomic mass is 16.5. The van der Waals surface area contributed by atoms with Gasteiger partial charge in [-0.2, -0.15) is 0 Å². The second-order valence-electron chi connectivity index (χ2n) is 5.66. The maximum atomic E-state index is 11.8. The van der Waals surface area contributed by atoms with Gasteiger partial charge in [0.05, 0.1) is 5.60 Å². The largest absolute Gasteiger partial charge is 0.366 e. The number of anilines is 2. The molecule has 0 aromatic heterocycles. The van der Waals surface area contributed by atoms with Crippen molar-refractivity contribution in [1.29, 1.82) is 0 Å². The van der Waals surface area contributed by atoms with E-state index in [4.69, 9.17) is 4.74 Å². The fraction of sp³-hybridized carbons (Fsp3) is 0.467. The Bertz CT molecular complexity index is 504. The second-order valence-corrected chi connectivity index (χ2v) is 5.66. The van der Waals surface area contributed by atoms with Crippen LogP contribution < -0.4 is 10.6 Å². The van der Waals surface area contributed by atoms with Crippen molar-refractivity contribution >= 4 is 23.2 Å². The van der Waals surface area contributed by atoms with Crippen LogP contribution >= 0.6 is 0 Å². The quantitative estimate of drug-likeness (QED) is 0.889. The van der Waals surface area contributed by atoms with Crippen LogP contribution in [-0.4, -0.2) is 24.0 Å². The van der Waals surface area contributed by atoms with Gasteiger partial charge in [0.1, 0.15) is 6.61 Å². The van der Waals surface area contributed by atoms with E-state index in [-0.39, 0.29) is 24.0 Å². The van der Waals surface area contributed by atoms with Crippen LogP contribution in [0.4, 0.5) is 11.4 Å². The molecule has 0 saturated carbocycles. The number of carbonyl (C=O) groups excluding carboxylic acids is 2. The van der Waals surface area contributed by atoms with E-state index in [0.717, 1.165) is 5.56 Å². The Labute approximate surface area is 119 Å². The van der Waals surface area contributed by atoms with Crippen molar-refractivity contribution in [2.24, 2.45) is 0 Å². The van der Waals surface area contributed by atoms with E-state index < -0.39 is 0 Å². The summed E-state index contributed by atoms with van der Waals surface area (Å²) in [6.45, 7) is 9.00. The lowest BCUT2D eigenvalue weighted by Crippen LogP contribution is -2.27. The van der Waals surface area contributed by atoms with Crippen molar-refractivity contribution in [3.8, 4) is 0 Å². The van der Waals surface area contributed by atoms with E-state index in [9.17, 15) is 9.59 Å². The molecule has 0 atom stereocenters. The predicted molar refractivity (Wildman–Crippen MR) is 79.8 cm³/mol. The first-order valence-electron chi connectivity index (χ1n) is 6.49. The summed E-state index contributed by atoms with van der Waals surface area (Å²) < 4.78 is 5.42. The van der Waals surface area contributed by atoms with Gasteiger partial charge in [0.25, 0.3) is 0 Å². The van der Waals surface area contributed by atoms with Crippen LogP contribution in [0.1, 0.15) is 33.3 Å². The fourth-order valence-electron chi connectivity index (χ4n) is 1.51. The topological polar surface area (TPSA) is 67.4 Å². The molecular formula is C15H22N2O3. The molecular weight excluding hydrogens is 256 g/mol. The number of amides is 2. The van der Waals surface area contributed by atoms with Crippen LogP contribution in [0.15, 0.2) is 18.2 Å². The molecule has 0 spiro atoms. The minimum atomic E-state index is -0.357. The standard InChI is InChI=1S/C15H22N2O3/c1-10-6-7-12(16-11(2)18)8-13(10)17-14(19)9-20-15(3,4)5/h6-8H,9H2,1-5H3,(H,16,18)(H,17,19). The maximum Gasteiger partial charge on any atom is 0.250 e. The van der Waals surface area contributed by atoms with Crippen molar-refractivity contribution in [1.82, 2.24) is 0 Å². The summed E-state index contributed by atoms with van der Waals surface area (Å²) in [6.07, 6.45) is 0. The summed E-state index contributed by atoms with van der Waals surface area (Å²) in [5.74, 6) is -0.370. The van der Waals surface area contributed by atoms with Crippen LogP contribution in [0, 0.1) is 6.92 Å². The summed E-state index contributed by atoms with van der Waals surface area (Å²) in [7, 11) is 0. The molecule has 1 aromatic carbocycles. The Kier molecular flexibility index (Phi) is 5.27. The second kappa shape index (κ2) is 6.52. The van der Waals surface area contributed by atoms with Gasteiger partial charge in [-0.25, -0.2) is 0 Å². The Morgan fingerprint density at radius 2 is 1.85 bits per heavy atom. The SMILES string of the molecule is CC(=O)Nc1ccc(C)c(NC(=O)COC(C)(C)C)c1. The molecule has 5 nitrogen and oxygen atoms in total. The number of ether oxygens (including phenoxy) is 1. The van der Waals surface area contributed by atoms with Crippen LogP contribution in [0.25, 0.3) is 0 Å². The van der Waals surface area contributed by atoms with Gasteiger partial charge in [-0.1, -0.05) is 6.07 Å². The maximum absolute atomic E-state index is 11.8. The third-order valence-corrected chi connectivity index (χ3v) is 2.47. The molecule has 20 heavy (non-hydrogen) atoms. The molecule has 1 rings (SSSR count). The van der Waals surface area contributed by atoms with E-state index in [1.165, 1.54) is 6.92 Å². The van der Waals surface area contributed by atoms with E-state index in [1.807, 2.05) is 33.8 Å². The van der Waals surface area contributed by atoms with Crippen LogP contribution in [0.5, 0.6) is 0 Å². The summed E-state index contributed by atoms with van der Waals surface area (Å²) in [5.41, 5.74) is 1.88. The number of hydrogen-bond acceptors (Lipinski definition) is 3. The molecule has 0 aliphatic heterocycles. The van der Waals surface area contributed by atoms with Gasteiger partial charge in [-0.3, -0.25) is 9.59 Å². The zero-order valence-corrected chi connectivity index (χ0v) is 12.7. The third-order valence-electron chi connectivity index (χ3n) is 2.47. The minimum Gasteiger partial charge on any atom is -0.366 e. The Balaban J connectivity index is 2.71. The van der Waals surface area contributed by atoms with Gasteiger partial charge in [0.2, 0.25) is 11.8 Å². The fourth-order valence-corrected chi connectivity index (χ4v) is 1.51. The summed E-state index contributed by atoms with van der Waals surface area (Å²) >= 11 is 0. The van der Waals surface area contributed by atoms with E-state index in [0.29, 0.717) is 11.4 Å². The lowest BCUT2D eigenvalue weighted by molar-refractivity contribution is -0.125. The first-order chi connectivity index (χ1) is 9.17. The lowest BCUT2D eigenvalue weighted by Gasteiger charge is -2.19. The zero-order valence-electron chi connectivity index (χ0n) is 12.7. The van der Waals surface area contributed by atoms with Crippen molar-refractivity contribution in [2.75, 3.05) is 17.2 Å². The van der Waals surface area contributed by atoms with Gasteiger partial charge in [-0.05, 0) is 45.4 Å². The van der Waals surface area contributed by atoms with Gasteiger partial charge in [0.15, 0.2) is 0 Å². The van der Waals surface area contributed by atoms with Gasteiger partial charge in [-0.15, -0.1) is 0 Å². The highest BCUT2D eigenvalue weighted by Gasteiger charge is 2.13.